The lowest BCUT2D eigenvalue weighted by molar-refractivity contribution is 0.212. The molecule has 1 atom stereocenters. The van der Waals surface area contributed by atoms with E-state index in [4.69, 9.17) is 14.8 Å². The van der Waals surface area contributed by atoms with E-state index in [-0.39, 0.29) is 19.0 Å². The van der Waals surface area contributed by atoms with Gasteiger partial charge in [-0.3, -0.25) is 4.57 Å². The van der Waals surface area contributed by atoms with Crippen molar-refractivity contribution in [3.63, 3.8) is 0 Å². The Hall–Kier alpha value is -0.740. The Kier molecular flexibility index (Phi) is 5.47. The molecular formula is C12H19FNO3P. The van der Waals surface area contributed by atoms with Crippen LogP contribution in [0.5, 0.6) is 0 Å². The first kappa shape index (κ1) is 15.3. The maximum Gasteiger partial charge on any atom is 0.351 e. The zero-order valence-electron chi connectivity index (χ0n) is 10.9. The van der Waals surface area contributed by atoms with Crippen LogP contribution in [0.25, 0.3) is 0 Å². The topological polar surface area (TPSA) is 61.5 Å². The zero-order chi connectivity index (χ0) is 13.8. The molecule has 4 nitrogen and oxygen atoms in total. The predicted octanol–water partition coefficient (Wildman–Crippen LogP) is 3.36. The molecule has 0 aliphatic rings. The van der Waals surface area contributed by atoms with Crippen molar-refractivity contribution >= 4 is 7.60 Å². The summed E-state index contributed by atoms with van der Waals surface area (Å²) < 4.78 is 36.2. The third kappa shape index (κ3) is 3.39. The smallest absolute Gasteiger partial charge is 0.314 e. The minimum atomic E-state index is -3.46. The van der Waals surface area contributed by atoms with Crippen LogP contribution >= 0.6 is 7.60 Å². The van der Waals surface area contributed by atoms with Gasteiger partial charge in [0.2, 0.25) is 0 Å². The highest BCUT2D eigenvalue weighted by atomic mass is 31.2. The third-order valence-electron chi connectivity index (χ3n) is 2.50. The molecule has 0 fully saturated rings. The summed E-state index contributed by atoms with van der Waals surface area (Å²) in [6, 6.07) is 4.49. The zero-order valence-corrected chi connectivity index (χ0v) is 11.7. The molecule has 0 spiro atoms. The Morgan fingerprint density at radius 3 is 2.33 bits per heavy atom. The van der Waals surface area contributed by atoms with Crippen molar-refractivity contribution in [2.45, 2.75) is 26.6 Å². The molecule has 1 rings (SSSR count). The fourth-order valence-corrected chi connectivity index (χ4v) is 3.17. The lowest BCUT2D eigenvalue weighted by Gasteiger charge is -2.23. The SMILES string of the molecule is CCOP(=O)(OCC)[C@H](N)c1ccc(C)c(F)c1. The summed E-state index contributed by atoms with van der Waals surface area (Å²) in [6.07, 6.45) is 0. The Morgan fingerprint density at radius 1 is 1.33 bits per heavy atom. The van der Waals surface area contributed by atoms with E-state index < -0.39 is 13.4 Å². The standard InChI is InChI=1S/C12H19FNO3P/c1-4-16-18(15,17-5-2)12(14)10-7-6-9(3)11(13)8-10/h6-8,12H,4-5,14H2,1-3H3/t12-/m0/s1. The van der Waals surface area contributed by atoms with Crippen molar-refractivity contribution in [3.8, 4) is 0 Å². The van der Waals surface area contributed by atoms with E-state index in [1.807, 2.05) is 0 Å². The van der Waals surface area contributed by atoms with Crippen LogP contribution in [-0.4, -0.2) is 13.2 Å². The molecule has 0 aromatic heterocycles. The van der Waals surface area contributed by atoms with Crippen molar-refractivity contribution in [3.05, 3.63) is 35.1 Å². The summed E-state index contributed by atoms with van der Waals surface area (Å²) >= 11 is 0. The summed E-state index contributed by atoms with van der Waals surface area (Å²) in [5.41, 5.74) is 6.80. The normalized spacial score (nSPS) is 13.6. The first-order chi connectivity index (χ1) is 8.44. The fourth-order valence-electron chi connectivity index (χ4n) is 1.53. The van der Waals surface area contributed by atoms with Gasteiger partial charge in [0.25, 0.3) is 0 Å². The van der Waals surface area contributed by atoms with Crippen molar-refractivity contribution in [1.29, 1.82) is 0 Å². The van der Waals surface area contributed by atoms with E-state index in [1.165, 1.54) is 6.07 Å². The molecule has 6 heteroatoms. The van der Waals surface area contributed by atoms with Gasteiger partial charge in [0.05, 0.1) is 13.2 Å². The Bertz CT molecular complexity index is 443. The lowest BCUT2D eigenvalue weighted by Crippen LogP contribution is -2.15. The molecule has 0 saturated heterocycles. The van der Waals surface area contributed by atoms with Gasteiger partial charge < -0.3 is 14.8 Å². The van der Waals surface area contributed by atoms with Gasteiger partial charge in [-0.2, -0.15) is 0 Å². The second-order valence-electron chi connectivity index (χ2n) is 3.83. The number of halogens is 1. The maximum absolute atomic E-state index is 13.5. The van der Waals surface area contributed by atoms with Gasteiger partial charge >= 0.3 is 7.60 Å². The molecule has 0 radical (unpaired) electrons. The number of nitrogens with two attached hydrogens (primary N) is 1. The molecule has 0 bridgehead atoms. The summed E-state index contributed by atoms with van der Waals surface area (Å²) in [4.78, 5) is 0. The quantitative estimate of drug-likeness (QED) is 0.809. The summed E-state index contributed by atoms with van der Waals surface area (Å²) in [5, 5.41) is 0. The molecule has 0 saturated carbocycles. The van der Waals surface area contributed by atoms with E-state index >= 15 is 0 Å². The van der Waals surface area contributed by atoms with Gasteiger partial charge in [0.1, 0.15) is 11.6 Å². The van der Waals surface area contributed by atoms with Crippen molar-refractivity contribution in [2.75, 3.05) is 13.2 Å². The average molecular weight is 275 g/mol. The van der Waals surface area contributed by atoms with E-state index in [1.54, 1.807) is 32.9 Å². The molecular weight excluding hydrogens is 256 g/mol. The lowest BCUT2D eigenvalue weighted by atomic mass is 10.1. The van der Waals surface area contributed by atoms with Crippen LogP contribution in [0.4, 0.5) is 4.39 Å². The molecule has 0 amide bonds. The second-order valence-corrected chi connectivity index (χ2v) is 5.98. The number of benzene rings is 1. The van der Waals surface area contributed by atoms with Crippen LogP contribution in [-0.2, 0) is 13.6 Å². The molecule has 1 aromatic rings. The highest BCUT2D eigenvalue weighted by Crippen LogP contribution is 2.58. The van der Waals surface area contributed by atoms with Crippen LogP contribution in [0.2, 0.25) is 0 Å². The van der Waals surface area contributed by atoms with Gasteiger partial charge in [-0.05, 0) is 38.0 Å². The minimum absolute atomic E-state index is 0.222. The summed E-state index contributed by atoms with van der Waals surface area (Å²) in [6.45, 7) is 5.50. The molecule has 0 aliphatic heterocycles. The van der Waals surface area contributed by atoms with Crippen LogP contribution in [0.1, 0.15) is 30.8 Å². The molecule has 2 N–H and O–H groups in total. The highest BCUT2D eigenvalue weighted by molar-refractivity contribution is 7.54. The first-order valence-corrected chi connectivity index (χ1v) is 7.46. The summed E-state index contributed by atoms with van der Waals surface area (Å²) in [7, 11) is -3.46. The molecule has 0 heterocycles. The largest absolute Gasteiger partial charge is 0.351 e. The van der Waals surface area contributed by atoms with Gasteiger partial charge in [0.15, 0.2) is 0 Å². The average Bonchev–Trinajstić information content (AvgIpc) is 2.32. The molecule has 0 unspecified atom stereocenters. The number of hydrogen-bond donors (Lipinski definition) is 1. The van der Waals surface area contributed by atoms with E-state index in [0.717, 1.165) is 0 Å². The van der Waals surface area contributed by atoms with Gasteiger partial charge in [-0.15, -0.1) is 0 Å². The Balaban J connectivity index is 3.05. The van der Waals surface area contributed by atoms with Gasteiger partial charge in [0, 0.05) is 0 Å². The number of hydrogen-bond acceptors (Lipinski definition) is 4. The predicted molar refractivity (Wildman–Crippen MR) is 68.9 cm³/mol. The van der Waals surface area contributed by atoms with Crippen LogP contribution < -0.4 is 5.73 Å². The fraction of sp³-hybridized carbons (Fsp3) is 0.500. The molecule has 0 aliphatic carbocycles. The Morgan fingerprint density at radius 2 is 1.89 bits per heavy atom. The van der Waals surface area contributed by atoms with E-state index in [0.29, 0.717) is 11.1 Å². The number of rotatable bonds is 6. The highest BCUT2D eigenvalue weighted by Gasteiger charge is 2.34. The monoisotopic (exact) mass is 275 g/mol. The van der Waals surface area contributed by atoms with Crippen LogP contribution in [0.3, 0.4) is 0 Å². The minimum Gasteiger partial charge on any atom is -0.314 e. The van der Waals surface area contributed by atoms with Crippen LogP contribution in [0, 0.1) is 12.7 Å². The molecule has 1 aromatic carbocycles. The molecule has 18 heavy (non-hydrogen) atoms. The van der Waals surface area contributed by atoms with Crippen molar-refractivity contribution < 1.29 is 18.0 Å². The van der Waals surface area contributed by atoms with Crippen LogP contribution in [0.15, 0.2) is 18.2 Å². The maximum atomic E-state index is 13.5. The summed E-state index contributed by atoms with van der Waals surface area (Å²) in [5.74, 6) is -1.37. The van der Waals surface area contributed by atoms with Gasteiger partial charge in [-0.1, -0.05) is 12.1 Å². The van der Waals surface area contributed by atoms with E-state index in [9.17, 15) is 8.96 Å². The third-order valence-corrected chi connectivity index (χ3v) is 4.71. The van der Waals surface area contributed by atoms with Gasteiger partial charge in [-0.25, -0.2) is 4.39 Å². The van der Waals surface area contributed by atoms with Crippen molar-refractivity contribution in [1.82, 2.24) is 0 Å². The first-order valence-electron chi connectivity index (χ1n) is 5.85. The Labute approximate surface area is 107 Å². The molecule has 102 valence electrons. The van der Waals surface area contributed by atoms with E-state index in [2.05, 4.69) is 0 Å². The van der Waals surface area contributed by atoms with Crippen molar-refractivity contribution in [2.24, 2.45) is 5.73 Å². The number of aryl methyl sites for hydroxylation is 1. The second kappa shape index (κ2) is 6.43.